The maximum atomic E-state index is 12.5. The molecule has 0 bridgehead atoms. The Morgan fingerprint density at radius 3 is 2.87 bits per heavy atom. The molecule has 1 aliphatic rings. The Labute approximate surface area is 190 Å². The van der Waals surface area contributed by atoms with Gasteiger partial charge in [-0.25, -0.2) is 4.98 Å². The molecular weight excluding hydrogens is 488 g/mol. The quantitative estimate of drug-likeness (QED) is 0.356. The number of aromatic nitrogens is 1. The minimum atomic E-state index is -0.126. The number of thiazole rings is 1. The van der Waals surface area contributed by atoms with E-state index in [1.165, 1.54) is 23.1 Å². The van der Waals surface area contributed by atoms with E-state index in [0.717, 1.165) is 20.1 Å². The van der Waals surface area contributed by atoms with Crippen molar-refractivity contribution in [3.05, 3.63) is 63.1 Å². The van der Waals surface area contributed by atoms with Gasteiger partial charge in [0.05, 0.1) is 17.9 Å². The average Bonchev–Trinajstić information content (AvgIpc) is 3.36. The summed E-state index contributed by atoms with van der Waals surface area (Å²) in [6.45, 7) is 2.12. The first kappa shape index (κ1) is 20.9. The average molecular weight is 505 g/mol. The molecule has 0 fully saturated rings. The highest BCUT2D eigenvalue weighted by Gasteiger charge is 2.17. The molecule has 0 atom stereocenters. The Kier molecular flexibility index (Phi) is 6.40. The van der Waals surface area contributed by atoms with Gasteiger partial charge in [-0.05, 0) is 48.9 Å². The third-order valence-electron chi connectivity index (χ3n) is 4.36. The lowest BCUT2D eigenvalue weighted by Crippen LogP contribution is -2.15. The zero-order valence-corrected chi connectivity index (χ0v) is 19.2. The van der Waals surface area contributed by atoms with Gasteiger partial charge in [-0.15, -0.1) is 11.3 Å². The van der Waals surface area contributed by atoms with Crippen LogP contribution in [0.4, 0.5) is 5.69 Å². The van der Waals surface area contributed by atoms with E-state index in [0.29, 0.717) is 22.8 Å². The minimum absolute atomic E-state index is 0.0153. The molecule has 1 aliphatic heterocycles. The standard InChI is InChI=1S/C21H17BrN2O4S2/c1-12-6-14(22)3-4-16(12)24-20(26)8-15-9-29-21(23-15)30-10-17(25)13-2-5-18-19(7-13)28-11-27-18/h2-7,9H,8,10-11H2,1H3,(H,24,26). The van der Waals surface area contributed by atoms with Crippen LogP contribution in [0, 0.1) is 6.92 Å². The van der Waals surface area contributed by atoms with Gasteiger partial charge in [0, 0.05) is 21.1 Å². The SMILES string of the molecule is Cc1cc(Br)ccc1NC(=O)Cc1csc(SCC(=O)c2ccc3c(c2)OCO3)n1. The number of Topliss-reactive ketones (excluding diaryl/α,β-unsaturated/α-hetero) is 1. The summed E-state index contributed by atoms with van der Waals surface area (Å²) in [4.78, 5) is 29.3. The molecule has 2 aromatic carbocycles. The molecule has 0 unspecified atom stereocenters. The first-order chi connectivity index (χ1) is 14.5. The Bertz CT molecular complexity index is 1120. The van der Waals surface area contributed by atoms with Crippen molar-refractivity contribution in [3.63, 3.8) is 0 Å². The summed E-state index contributed by atoms with van der Waals surface area (Å²) < 4.78 is 12.3. The number of thioether (sulfide) groups is 1. The fourth-order valence-electron chi connectivity index (χ4n) is 2.84. The van der Waals surface area contributed by atoms with Crippen LogP contribution in [-0.4, -0.2) is 29.2 Å². The fraction of sp³-hybridized carbons (Fsp3) is 0.190. The van der Waals surface area contributed by atoms with Crippen LogP contribution in [0.25, 0.3) is 0 Å². The van der Waals surface area contributed by atoms with E-state index in [4.69, 9.17) is 9.47 Å². The van der Waals surface area contributed by atoms with Gasteiger partial charge < -0.3 is 14.8 Å². The summed E-state index contributed by atoms with van der Waals surface area (Å²) in [6.07, 6.45) is 0.183. The number of hydrogen-bond acceptors (Lipinski definition) is 7. The Balaban J connectivity index is 1.30. The van der Waals surface area contributed by atoms with E-state index >= 15 is 0 Å². The number of nitrogens with zero attached hydrogens (tertiary/aromatic N) is 1. The molecule has 0 saturated carbocycles. The van der Waals surface area contributed by atoms with Gasteiger partial charge in [-0.3, -0.25) is 9.59 Å². The lowest BCUT2D eigenvalue weighted by Gasteiger charge is -2.07. The summed E-state index contributed by atoms with van der Waals surface area (Å²) in [7, 11) is 0. The molecule has 4 rings (SSSR count). The first-order valence-corrected chi connectivity index (χ1v) is 11.7. The van der Waals surface area contributed by atoms with Gasteiger partial charge in [-0.1, -0.05) is 27.7 Å². The van der Waals surface area contributed by atoms with Crippen molar-refractivity contribution in [1.82, 2.24) is 4.98 Å². The van der Waals surface area contributed by atoms with Crippen LogP contribution in [0.1, 0.15) is 21.6 Å². The Morgan fingerprint density at radius 2 is 2.03 bits per heavy atom. The largest absolute Gasteiger partial charge is 0.454 e. The molecule has 154 valence electrons. The molecule has 2 heterocycles. The van der Waals surface area contributed by atoms with Crippen molar-refractivity contribution >= 4 is 56.4 Å². The van der Waals surface area contributed by atoms with Crippen LogP contribution >= 0.6 is 39.0 Å². The van der Waals surface area contributed by atoms with Gasteiger partial charge in [-0.2, -0.15) is 0 Å². The van der Waals surface area contributed by atoms with E-state index < -0.39 is 0 Å². The van der Waals surface area contributed by atoms with Crippen molar-refractivity contribution in [1.29, 1.82) is 0 Å². The molecule has 1 N–H and O–H groups in total. The molecule has 0 spiro atoms. The van der Waals surface area contributed by atoms with Crippen molar-refractivity contribution in [2.75, 3.05) is 17.9 Å². The molecule has 9 heteroatoms. The van der Waals surface area contributed by atoms with Crippen LogP contribution in [0.15, 0.2) is 50.6 Å². The molecule has 0 aliphatic carbocycles. The van der Waals surface area contributed by atoms with Crippen LogP contribution in [0.3, 0.4) is 0 Å². The highest BCUT2D eigenvalue weighted by Crippen LogP contribution is 2.33. The van der Waals surface area contributed by atoms with E-state index in [1.54, 1.807) is 18.2 Å². The molecule has 1 aromatic heterocycles. The second kappa shape index (κ2) is 9.20. The monoisotopic (exact) mass is 504 g/mol. The Hall–Kier alpha value is -2.36. The number of ketones is 1. The number of rotatable bonds is 7. The third-order valence-corrected chi connectivity index (χ3v) is 6.92. The van der Waals surface area contributed by atoms with Gasteiger partial charge in [0.25, 0.3) is 0 Å². The van der Waals surface area contributed by atoms with E-state index in [2.05, 4.69) is 26.2 Å². The van der Waals surface area contributed by atoms with Crippen LogP contribution in [0.2, 0.25) is 0 Å². The number of aryl methyl sites for hydroxylation is 1. The number of halogens is 1. The molecular formula is C21H17BrN2O4S2. The van der Waals surface area contributed by atoms with Crippen molar-refractivity contribution < 1.29 is 19.1 Å². The second-order valence-electron chi connectivity index (χ2n) is 6.57. The molecule has 30 heavy (non-hydrogen) atoms. The number of carbonyl (C=O) groups excluding carboxylic acids is 2. The molecule has 6 nitrogen and oxygen atoms in total. The smallest absolute Gasteiger partial charge is 0.231 e. The lowest BCUT2D eigenvalue weighted by atomic mass is 10.1. The fourth-order valence-corrected chi connectivity index (χ4v) is 5.06. The van der Waals surface area contributed by atoms with Gasteiger partial charge >= 0.3 is 0 Å². The normalized spacial score (nSPS) is 12.1. The van der Waals surface area contributed by atoms with E-state index in [9.17, 15) is 9.59 Å². The predicted molar refractivity (Wildman–Crippen MR) is 121 cm³/mol. The summed E-state index contributed by atoms with van der Waals surface area (Å²) >= 11 is 6.20. The summed E-state index contributed by atoms with van der Waals surface area (Å²) in [5.74, 6) is 1.36. The van der Waals surface area contributed by atoms with Crippen molar-refractivity contribution in [2.45, 2.75) is 17.7 Å². The number of nitrogens with one attached hydrogen (secondary N) is 1. The number of anilines is 1. The summed E-state index contributed by atoms with van der Waals surface area (Å²) in [5, 5.41) is 4.76. The number of benzene rings is 2. The molecule has 3 aromatic rings. The third kappa shape index (κ3) is 5.03. The van der Waals surface area contributed by atoms with E-state index in [-0.39, 0.29) is 30.7 Å². The highest BCUT2D eigenvalue weighted by atomic mass is 79.9. The number of ether oxygens (including phenoxy) is 2. The van der Waals surface area contributed by atoms with Crippen LogP contribution in [0.5, 0.6) is 11.5 Å². The minimum Gasteiger partial charge on any atom is -0.454 e. The zero-order valence-electron chi connectivity index (χ0n) is 15.9. The van der Waals surface area contributed by atoms with Crippen LogP contribution in [-0.2, 0) is 11.2 Å². The van der Waals surface area contributed by atoms with Crippen molar-refractivity contribution in [2.24, 2.45) is 0 Å². The van der Waals surface area contributed by atoms with Gasteiger partial charge in [0.15, 0.2) is 21.6 Å². The van der Waals surface area contributed by atoms with E-state index in [1.807, 2.05) is 30.5 Å². The predicted octanol–water partition coefficient (Wildman–Crippen LogP) is 5.10. The maximum absolute atomic E-state index is 12.5. The number of amides is 1. The van der Waals surface area contributed by atoms with Gasteiger partial charge in [0.2, 0.25) is 12.7 Å². The maximum Gasteiger partial charge on any atom is 0.231 e. The highest BCUT2D eigenvalue weighted by molar-refractivity contribution is 9.10. The second-order valence-corrected chi connectivity index (χ2v) is 9.57. The molecule has 0 radical (unpaired) electrons. The number of fused-ring (bicyclic) bond motifs is 1. The number of hydrogen-bond donors (Lipinski definition) is 1. The summed E-state index contributed by atoms with van der Waals surface area (Å²) in [5.41, 5.74) is 3.02. The van der Waals surface area contributed by atoms with Crippen molar-refractivity contribution in [3.8, 4) is 11.5 Å². The molecule has 1 amide bonds. The zero-order chi connectivity index (χ0) is 21.1. The van der Waals surface area contributed by atoms with Crippen LogP contribution < -0.4 is 14.8 Å². The first-order valence-electron chi connectivity index (χ1n) is 9.04. The summed E-state index contributed by atoms with van der Waals surface area (Å²) in [6, 6.07) is 10.9. The number of carbonyl (C=O) groups is 2. The topological polar surface area (TPSA) is 77.5 Å². The Morgan fingerprint density at radius 1 is 1.20 bits per heavy atom. The lowest BCUT2D eigenvalue weighted by molar-refractivity contribution is -0.115. The molecule has 0 saturated heterocycles. The van der Waals surface area contributed by atoms with Gasteiger partial charge in [0.1, 0.15) is 0 Å².